The highest BCUT2D eigenvalue weighted by Gasteiger charge is 2.22. The largest absolute Gasteiger partial charge is 0.365 e. The summed E-state index contributed by atoms with van der Waals surface area (Å²) in [6.45, 7) is 6.67. The van der Waals surface area contributed by atoms with Crippen LogP contribution in [0.15, 0.2) is 63.7 Å². The number of aryl methyl sites for hydroxylation is 1. The van der Waals surface area contributed by atoms with Crippen molar-refractivity contribution >= 4 is 24.6 Å². The average molecular weight is 414 g/mol. The van der Waals surface area contributed by atoms with Crippen molar-refractivity contribution in [2.24, 2.45) is 10.2 Å². The molecule has 3 aromatic rings. The van der Waals surface area contributed by atoms with Crippen LogP contribution in [-0.4, -0.2) is 28.3 Å². The Bertz CT molecular complexity index is 1330. The second-order valence-electron chi connectivity index (χ2n) is 7.17. The van der Waals surface area contributed by atoms with Crippen LogP contribution < -0.4 is 26.8 Å². The van der Waals surface area contributed by atoms with Gasteiger partial charge in [-0.2, -0.15) is 0 Å². The van der Waals surface area contributed by atoms with Gasteiger partial charge in [0.25, 0.3) is 5.56 Å². The quantitative estimate of drug-likeness (QED) is 0.556. The highest BCUT2D eigenvalue weighted by molar-refractivity contribution is 6.03. The second kappa shape index (κ2) is 8.74. The van der Waals surface area contributed by atoms with E-state index in [1.165, 1.54) is 10.1 Å². The fourth-order valence-electron chi connectivity index (χ4n) is 3.56. The normalized spacial score (nSPS) is 12.0. The molecule has 0 atom stereocenters. The van der Waals surface area contributed by atoms with Crippen molar-refractivity contribution < 1.29 is 4.79 Å². The number of amides is 1. The molecule has 2 aromatic carbocycles. The van der Waals surface area contributed by atoms with Gasteiger partial charge in [0.05, 0.1) is 10.9 Å². The molecular weight excluding hydrogens is 392 g/mol. The number of carbonyl (C=O) groups excluding carboxylic acids is 1. The molecule has 4 rings (SSSR count). The molecule has 0 fully saturated rings. The van der Waals surface area contributed by atoms with E-state index in [2.05, 4.69) is 32.4 Å². The maximum atomic E-state index is 13.3. The van der Waals surface area contributed by atoms with Crippen molar-refractivity contribution in [3.63, 3.8) is 0 Å². The number of aromatic nitrogens is 2. The first kappa shape index (κ1) is 20.2. The van der Waals surface area contributed by atoms with Crippen LogP contribution in [0.3, 0.4) is 0 Å². The lowest BCUT2D eigenvalue weighted by Crippen LogP contribution is -2.36. The first-order valence-corrected chi connectivity index (χ1v) is 9.91. The van der Waals surface area contributed by atoms with Crippen molar-refractivity contribution in [2.75, 3.05) is 11.9 Å². The summed E-state index contributed by atoms with van der Waals surface area (Å²) in [5.41, 5.74) is 2.95. The Labute approximate surface area is 178 Å². The van der Waals surface area contributed by atoms with Gasteiger partial charge in [0.1, 0.15) is 0 Å². The zero-order chi connectivity index (χ0) is 21.8. The van der Waals surface area contributed by atoms with Crippen molar-refractivity contribution in [1.82, 2.24) is 14.9 Å². The monoisotopic (exact) mass is 414 g/mol. The van der Waals surface area contributed by atoms with Crippen LogP contribution in [0.1, 0.15) is 22.4 Å². The molecule has 1 aliphatic rings. The van der Waals surface area contributed by atoms with Crippen LogP contribution in [0.2, 0.25) is 0 Å². The number of nitrogens with one attached hydrogen (secondary N) is 2. The predicted molar refractivity (Wildman–Crippen MR) is 119 cm³/mol. The van der Waals surface area contributed by atoms with Crippen LogP contribution in [0.4, 0.5) is 5.82 Å². The molecule has 156 valence electrons. The van der Waals surface area contributed by atoms with Gasteiger partial charge in [0.15, 0.2) is 11.7 Å². The Morgan fingerprint density at radius 2 is 1.94 bits per heavy atom. The molecular formula is C23H22N6O2. The number of nitrogens with zero attached hydrogens (tertiary/aromatic N) is 4. The van der Waals surface area contributed by atoms with Gasteiger partial charge in [-0.25, -0.2) is 4.98 Å². The number of anilines is 1. The summed E-state index contributed by atoms with van der Waals surface area (Å²) in [6, 6.07) is 13.6. The lowest BCUT2D eigenvalue weighted by atomic mass is 10.0. The molecule has 0 unspecified atom stereocenters. The van der Waals surface area contributed by atoms with Gasteiger partial charge in [-0.05, 0) is 35.8 Å². The maximum absolute atomic E-state index is 13.3. The molecule has 0 radical (unpaired) electrons. The summed E-state index contributed by atoms with van der Waals surface area (Å²) in [6.07, 6.45) is 3.02. The van der Waals surface area contributed by atoms with Crippen molar-refractivity contribution in [2.45, 2.75) is 19.9 Å². The first-order chi connectivity index (χ1) is 15.1. The first-order valence-electron chi connectivity index (χ1n) is 9.91. The molecule has 1 aliphatic heterocycles. The van der Waals surface area contributed by atoms with E-state index in [9.17, 15) is 9.59 Å². The van der Waals surface area contributed by atoms with Crippen LogP contribution in [0.25, 0.3) is 6.58 Å². The number of carbonyl (C=O) groups is 1. The third-order valence-electron chi connectivity index (χ3n) is 5.13. The summed E-state index contributed by atoms with van der Waals surface area (Å²) in [7, 11) is 0. The van der Waals surface area contributed by atoms with Crippen molar-refractivity contribution in [1.29, 1.82) is 0 Å². The third-order valence-corrected chi connectivity index (χ3v) is 5.13. The van der Waals surface area contributed by atoms with E-state index in [0.717, 1.165) is 17.2 Å². The molecule has 0 spiro atoms. The summed E-state index contributed by atoms with van der Waals surface area (Å²) >= 11 is 0. The lowest BCUT2D eigenvalue weighted by molar-refractivity contribution is -0.109. The average Bonchev–Trinajstić information content (AvgIpc) is 3.19. The number of hydrogen-bond acceptors (Lipinski definition) is 6. The zero-order valence-electron chi connectivity index (χ0n) is 17.1. The second-order valence-corrected chi connectivity index (χ2v) is 7.17. The minimum Gasteiger partial charge on any atom is -0.365 e. The molecule has 0 bridgehead atoms. The van der Waals surface area contributed by atoms with E-state index in [1.807, 2.05) is 36.4 Å². The molecule has 2 N–H and O–H groups in total. The van der Waals surface area contributed by atoms with E-state index in [1.54, 1.807) is 19.2 Å². The Morgan fingerprint density at radius 1 is 1.13 bits per heavy atom. The van der Waals surface area contributed by atoms with Crippen LogP contribution in [0.5, 0.6) is 0 Å². The lowest BCUT2D eigenvalue weighted by Gasteiger charge is -2.15. The Hall–Kier alpha value is -4.07. The van der Waals surface area contributed by atoms with E-state index < -0.39 is 0 Å². The predicted octanol–water partition coefficient (Wildman–Crippen LogP) is 0.706. The highest BCUT2D eigenvalue weighted by Crippen LogP contribution is 2.11. The van der Waals surface area contributed by atoms with E-state index >= 15 is 0 Å². The fraction of sp³-hybridized carbons (Fsp3) is 0.174. The fourth-order valence-corrected chi connectivity index (χ4v) is 3.56. The van der Waals surface area contributed by atoms with Gasteiger partial charge in [-0.15, -0.1) is 10.2 Å². The highest BCUT2D eigenvalue weighted by atomic mass is 16.1. The number of hydrogen-bond donors (Lipinski definition) is 2. The van der Waals surface area contributed by atoms with Crippen molar-refractivity contribution in [3.05, 3.63) is 92.0 Å². The maximum Gasteiger partial charge on any atom is 0.299 e. The number of fused-ring (bicyclic) bond motifs is 1. The number of rotatable bonds is 7. The molecule has 8 heteroatoms. The van der Waals surface area contributed by atoms with Crippen molar-refractivity contribution in [3.8, 4) is 0 Å². The minimum atomic E-state index is -0.307. The van der Waals surface area contributed by atoms with Crippen LogP contribution in [-0.2, 0) is 17.8 Å². The zero-order valence-corrected chi connectivity index (χ0v) is 17.1. The smallest absolute Gasteiger partial charge is 0.299 e. The summed E-state index contributed by atoms with van der Waals surface area (Å²) in [5, 5.41) is 15.7. The molecule has 31 heavy (non-hydrogen) atoms. The molecule has 8 nitrogen and oxygen atoms in total. The topological polar surface area (TPSA) is 101 Å². The van der Waals surface area contributed by atoms with Gasteiger partial charge in [0.2, 0.25) is 6.41 Å². The summed E-state index contributed by atoms with van der Waals surface area (Å²) < 4.78 is 1.50. The van der Waals surface area contributed by atoms with Gasteiger partial charge >= 0.3 is 0 Å². The molecule has 1 amide bonds. The minimum absolute atomic E-state index is 0.246. The molecule has 0 saturated carbocycles. The van der Waals surface area contributed by atoms with Gasteiger partial charge in [-0.3, -0.25) is 14.2 Å². The Balaban J connectivity index is 1.67. The van der Waals surface area contributed by atoms with Gasteiger partial charge < -0.3 is 10.6 Å². The molecule has 0 aliphatic carbocycles. The van der Waals surface area contributed by atoms with E-state index in [-0.39, 0.29) is 17.9 Å². The van der Waals surface area contributed by atoms with Crippen LogP contribution >= 0.6 is 0 Å². The Kier molecular flexibility index (Phi) is 5.70. The standard InChI is InChI=1S/C23H22N6O2/c1-15-8-9-19-20(18(15)13-24-14-30)22(28-27-19)29-16(2)12-26-21(23(29)31)25-11-10-17-6-4-3-5-7-17/h3-9,12,14H,1,10-11,13H2,2H3,(H,24,30)(H,25,26). The molecule has 2 heterocycles. The summed E-state index contributed by atoms with van der Waals surface area (Å²) in [5.74, 6) is 0.648. The van der Waals surface area contributed by atoms with E-state index in [4.69, 9.17) is 0 Å². The van der Waals surface area contributed by atoms with E-state index in [0.29, 0.717) is 35.4 Å². The molecule has 0 saturated heterocycles. The molecule has 1 aromatic heterocycles. The third kappa shape index (κ3) is 4.00. The number of benzene rings is 2. The summed E-state index contributed by atoms with van der Waals surface area (Å²) in [4.78, 5) is 28.4. The Morgan fingerprint density at radius 3 is 2.71 bits per heavy atom. The SMILES string of the molecule is C=c1ccc2c(c1CNC=O)C(n1c(C)cnc(NCCc3ccccc3)c1=O)=NN=2. The van der Waals surface area contributed by atoms with Gasteiger partial charge in [0, 0.05) is 25.0 Å². The van der Waals surface area contributed by atoms with Gasteiger partial charge in [-0.1, -0.05) is 43.0 Å². The van der Waals surface area contributed by atoms with Crippen LogP contribution in [0, 0.1) is 6.92 Å².